The summed E-state index contributed by atoms with van der Waals surface area (Å²) in [6.07, 6.45) is 2.88. The molecule has 0 aliphatic heterocycles. The van der Waals surface area contributed by atoms with E-state index < -0.39 is 9.84 Å². The molecule has 0 bridgehead atoms. The van der Waals surface area contributed by atoms with Crippen molar-refractivity contribution < 1.29 is 13.2 Å². The number of benzene rings is 2. The van der Waals surface area contributed by atoms with Crippen molar-refractivity contribution in [1.29, 1.82) is 0 Å². The zero-order chi connectivity index (χ0) is 19.7. The van der Waals surface area contributed by atoms with Crippen molar-refractivity contribution in [3.63, 3.8) is 0 Å². The molecule has 2 aromatic heterocycles. The Balaban J connectivity index is 1.75. The Labute approximate surface area is 163 Å². The molecule has 0 spiro atoms. The fraction of sp³-hybridized carbons (Fsp3) is 0.143. The molecule has 0 N–H and O–H groups in total. The summed E-state index contributed by atoms with van der Waals surface area (Å²) >= 11 is 0. The van der Waals surface area contributed by atoms with Gasteiger partial charge in [0.15, 0.2) is 9.84 Å². The van der Waals surface area contributed by atoms with Crippen molar-refractivity contribution in [1.82, 2.24) is 14.8 Å². The number of hydrogen-bond donors (Lipinski definition) is 0. The van der Waals surface area contributed by atoms with Crippen molar-refractivity contribution in [2.75, 3.05) is 12.9 Å². The lowest BCUT2D eigenvalue weighted by molar-refractivity contribution is 0.340. The van der Waals surface area contributed by atoms with E-state index in [0.29, 0.717) is 11.5 Å². The summed E-state index contributed by atoms with van der Waals surface area (Å²) in [6, 6.07) is 18.5. The van der Waals surface area contributed by atoms with Gasteiger partial charge in [-0.15, -0.1) is 5.10 Å². The molecule has 142 valence electrons. The monoisotopic (exact) mass is 393 g/mol. The first-order valence-corrected chi connectivity index (χ1v) is 10.7. The van der Waals surface area contributed by atoms with Crippen molar-refractivity contribution in [2.45, 2.75) is 11.8 Å². The Morgan fingerprint density at radius 1 is 0.964 bits per heavy atom. The maximum absolute atomic E-state index is 11.7. The topological polar surface area (TPSA) is 73.6 Å². The zero-order valence-electron chi connectivity index (χ0n) is 15.5. The zero-order valence-corrected chi connectivity index (χ0v) is 16.3. The van der Waals surface area contributed by atoms with Gasteiger partial charge in [-0.3, -0.25) is 0 Å². The largest absolute Gasteiger partial charge is 0.494 e. The Bertz CT molecular complexity index is 1230. The minimum atomic E-state index is -3.22. The number of hydrogen-bond acceptors (Lipinski definition) is 5. The van der Waals surface area contributed by atoms with Gasteiger partial charge in [0.1, 0.15) is 5.75 Å². The third kappa shape index (κ3) is 3.48. The molecule has 6 nitrogen and oxygen atoms in total. The quantitative estimate of drug-likeness (QED) is 0.515. The normalized spacial score (nSPS) is 11.6. The van der Waals surface area contributed by atoms with E-state index in [2.05, 4.69) is 10.2 Å². The van der Waals surface area contributed by atoms with E-state index in [1.54, 1.807) is 35.1 Å². The van der Waals surface area contributed by atoms with Crippen molar-refractivity contribution in [3.05, 3.63) is 66.9 Å². The van der Waals surface area contributed by atoms with Crippen molar-refractivity contribution >= 4 is 15.4 Å². The highest BCUT2D eigenvalue weighted by atomic mass is 32.2. The molecule has 28 heavy (non-hydrogen) atoms. The summed E-state index contributed by atoms with van der Waals surface area (Å²) in [4.78, 5) is 0.296. The van der Waals surface area contributed by atoms with Gasteiger partial charge in [-0.25, -0.2) is 8.42 Å². The molecule has 0 saturated heterocycles. The SMILES string of the molecule is CCOc1ccc(-c2cc3c(-c4ccc(S(C)(=O)=O)cc4)ccnn3n2)cc1. The molecule has 0 fully saturated rings. The summed E-state index contributed by atoms with van der Waals surface area (Å²) < 4.78 is 30.4. The number of aromatic nitrogens is 3. The first-order valence-electron chi connectivity index (χ1n) is 8.84. The van der Waals surface area contributed by atoms with E-state index in [-0.39, 0.29) is 0 Å². The predicted octanol–water partition coefficient (Wildman–Crippen LogP) is 3.87. The molecule has 2 heterocycles. The van der Waals surface area contributed by atoms with Crippen LogP contribution in [0.3, 0.4) is 0 Å². The third-order valence-corrected chi connectivity index (χ3v) is 5.57. The number of sulfone groups is 1. The lowest BCUT2D eigenvalue weighted by Crippen LogP contribution is -1.97. The molecule has 7 heteroatoms. The average molecular weight is 393 g/mol. The van der Waals surface area contributed by atoms with Crippen LogP contribution in [0.25, 0.3) is 27.9 Å². The van der Waals surface area contributed by atoms with Gasteiger partial charge in [-0.2, -0.15) is 9.73 Å². The lowest BCUT2D eigenvalue weighted by Gasteiger charge is -2.04. The van der Waals surface area contributed by atoms with Crippen LogP contribution >= 0.6 is 0 Å². The molecule has 0 atom stereocenters. The van der Waals surface area contributed by atoms with Crippen LogP contribution in [0.1, 0.15) is 6.92 Å². The third-order valence-electron chi connectivity index (χ3n) is 4.44. The predicted molar refractivity (Wildman–Crippen MR) is 108 cm³/mol. The lowest BCUT2D eigenvalue weighted by atomic mass is 10.1. The highest BCUT2D eigenvalue weighted by Gasteiger charge is 2.12. The van der Waals surface area contributed by atoms with Crippen LogP contribution in [-0.4, -0.2) is 36.1 Å². The van der Waals surface area contributed by atoms with Crippen LogP contribution in [0, 0.1) is 0 Å². The van der Waals surface area contributed by atoms with E-state index in [1.165, 1.54) is 6.26 Å². The maximum Gasteiger partial charge on any atom is 0.175 e. The van der Waals surface area contributed by atoms with E-state index in [9.17, 15) is 8.42 Å². The summed E-state index contributed by atoms with van der Waals surface area (Å²) in [5.74, 6) is 0.819. The first kappa shape index (κ1) is 18.2. The Hall–Kier alpha value is -3.19. The molecule has 4 aromatic rings. The second-order valence-electron chi connectivity index (χ2n) is 6.40. The van der Waals surface area contributed by atoms with E-state index in [4.69, 9.17) is 4.74 Å². The molecule has 0 radical (unpaired) electrons. The highest BCUT2D eigenvalue weighted by Crippen LogP contribution is 2.29. The van der Waals surface area contributed by atoms with Crippen molar-refractivity contribution in [2.24, 2.45) is 0 Å². The second kappa shape index (κ2) is 7.09. The molecule has 0 aliphatic carbocycles. The number of ether oxygens (including phenoxy) is 1. The summed E-state index contributed by atoms with van der Waals surface area (Å²) in [5.41, 5.74) is 4.44. The van der Waals surface area contributed by atoms with Gasteiger partial charge < -0.3 is 4.74 Å². The summed E-state index contributed by atoms with van der Waals surface area (Å²) in [7, 11) is -3.22. The standard InChI is InChI=1S/C21H19N3O3S/c1-3-27-17-8-4-16(5-9-17)20-14-21-19(12-13-22-24(21)23-20)15-6-10-18(11-7-15)28(2,25)26/h4-14H,3H2,1-2H3. The van der Waals surface area contributed by atoms with Gasteiger partial charge in [-0.05, 0) is 61.0 Å². The van der Waals surface area contributed by atoms with Crippen molar-refractivity contribution in [3.8, 4) is 28.1 Å². The molecule has 0 saturated carbocycles. The minimum Gasteiger partial charge on any atom is -0.494 e. The molecule has 2 aromatic carbocycles. The number of fused-ring (bicyclic) bond motifs is 1. The Kier molecular flexibility index (Phi) is 4.60. The Morgan fingerprint density at radius 3 is 2.29 bits per heavy atom. The van der Waals surface area contributed by atoms with Gasteiger partial charge in [-0.1, -0.05) is 12.1 Å². The number of nitrogens with zero attached hydrogens (tertiary/aromatic N) is 3. The van der Waals surface area contributed by atoms with Gasteiger partial charge >= 0.3 is 0 Å². The summed E-state index contributed by atoms with van der Waals surface area (Å²) in [6.45, 7) is 2.57. The molecule has 4 rings (SSSR count). The first-order chi connectivity index (χ1) is 13.5. The molecular formula is C21H19N3O3S. The van der Waals surface area contributed by atoms with Crippen LogP contribution in [-0.2, 0) is 9.84 Å². The van der Waals surface area contributed by atoms with Crippen LogP contribution in [0.4, 0.5) is 0 Å². The summed E-state index contributed by atoms with van der Waals surface area (Å²) in [5, 5.41) is 8.87. The van der Waals surface area contributed by atoms with E-state index in [1.807, 2.05) is 43.3 Å². The smallest absolute Gasteiger partial charge is 0.175 e. The van der Waals surface area contributed by atoms with Gasteiger partial charge in [0.2, 0.25) is 0 Å². The fourth-order valence-corrected chi connectivity index (χ4v) is 3.69. The molecule has 0 aliphatic rings. The van der Waals surface area contributed by atoms with E-state index >= 15 is 0 Å². The Morgan fingerprint density at radius 2 is 1.64 bits per heavy atom. The highest BCUT2D eigenvalue weighted by molar-refractivity contribution is 7.90. The molecule has 0 unspecified atom stereocenters. The van der Waals surface area contributed by atoms with Gasteiger partial charge in [0, 0.05) is 17.4 Å². The molecular weight excluding hydrogens is 374 g/mol. The number of rotatable bonds is 5. The van der Waals surface area contributed by atoms with Crippen LogP contribution in [0.15, 0.2) is 71.8 Å². The maximum atomic E-state index is 11.7. The van der Waals surface area contributed by atoms with Crippen LogP contribution in [0.5, 0.6) is 5.75 Å². The molecule has 0 amide bonds. The fourth-order valence-electron chi connectivity index (χ4n) is 3.06. The van der Waals surface area contributed by atoms with E-state index in [0.717, 1.165) is 33.7 Å². The van der Waals surface area contributed by atoms with Crippen LogP contribution < -0.4 is 4.74 Å². The minimum absolute atomic E-state index is 0.296. The van der Waals surface area contributed by atoms with Crippen LogP contribution in [0.2, 0.25) is 0 Å². The van der Waals surface area contributed by atoms with Gasteiger partial charge in [0.05, 0.1) is 28.9 Å². The second-order valence-corrected chi connectivity index (χ2v) is 8.42. The average Bonchev–Trinajstić information content (AvgIpc) is 3.12. The van der Waals surface area contributed by atoms with Gasteiger partial charge in [0.25, 0.3) is 0 Å².